The Hall–Kier alpha value is -0.570. The molecule has 0 spiro atoms. The first-order valence-electron chi connectivity index (χ1n) is 4.45. The predicted octanol–water partition coefficient (Wildman–Crippen LogP) is 0.868. The van der Waals surface area contributed by atoms with E-state index in [1.165, 1.54) is 0 Å². The molecule has 3 nitrogen and oxygen atoms in total. The number of carboxylic acid groups (broad SMARTS) is 1. The molecule has 4 atom stereocenters. The molecular weight excluding hydrogens is 156 g/mol. The normalized spacial score (nSPS) is 51.3. The van der Waals surface area contributed by atoms with Crippen LogP contribution in [-0.4, -0.2) is 22.3 Å². The molecule has 2 rings (SSSR count). The van der Waals surface area contributed by atoms with Crippen molar-refractivity contribution in [3.05, 3.63) is 0 Å². The monoisotopic (exact) mass is 170 g/mol. The van der Waals surface area contributed by atoms with Crippen molar-refractivity contribution >= 4 is 5.97 Å². The molecule has 0 amide bonds. The molecule has 0 radical (unpaired) electrons. The third-order valence-electron chi connectivity index (χ3n) is 3.73. The summed E-state index contributed by atoms with van der Waals surface area (Å²) in [5, 5.41) is 18.4. The Morgan fingerprint density at radius 2 is 2.17 bits per heavy atom. The summed E-state index contributed by atoms with van der Waals surface area (Å²) in [6, 6.07) is 0. The van der Waals surface area contributed by atoms with Crippen molar-refractivity contribution < 1.29 is 15.0 Å². The molecule has 2 N–H and O–H groups in total. The second kappa shape index (κ2) is 2.22. The van der Waals surface area contributed by atoms with Gasteiger partial charge < -0.3 is 10.2 Å². The second-order valence-corrected chi connectivity index (χ2v) is 4.42. The Labute approximate surface area is 71.4 Å². The number of aliphatic hydroxyl groups is 1. The van der Waals surface area contributed by atoms with Crippen molar-refractivity contribution in [3.63, 3.8) is 0 Å². The van der Waals surface area contributed by atoms with Gasteiger partial charge in [-0.1, -0.05) is 0 Å². The predicted molar refractivity (Wildman–Crippen MR) is 42.6 cm³/mol. The maximum atomic E-state index is 10.9. The topological polar surface area (TPSA) is 57.5 Å². The van der Waals surface area contributed by atoms with Gasteiger partial charge in [-0.25, -0.2) is 0 Å². The molecule has 2 aliphatic rings. The summed E-state index contributed by atoms with van der Waals surface area (Å²) >= 11 is 0. The lowest BCUT2D eigenvalue weighted by atomic mass is 9.74. The minimum absolute atomic E-state index is 0.204. The van der Waals surface area contributed by atoms with Crippen molar-refractivity contribution in [2.24, 2.45) is 17.3 Å². The van der Waals surface area contributed by atoms with Crippen molar-refractivity contribution in [2.45, 2.75) is 32.3 Å². The lowest BCUT2D eigenvalue weighted by Crippen LogP contribution is -2.36. The van der Waals surface area contributed by atoms with E-state index in [0.29, 0.717) is 12.8 Å². The third kappa shape index (κ3) is 0.829. The minimum Gasteiger partial charge on any atom is -0.481 e. The van der Waals surface area contributed by atoms with Crippen LogP contribution in [0.2, 0.25) is 0 Å². The van der Waals surface area contributed by atoms with Crippen LogP contribution >= 0.6 is 0 Å². The van der Waals surface area contributed by atoms with E-state index in [1.54, 1.807) is 0 Å². The fraction of sp³-hybridized carbons (Fsp3) is 0.889. The quantitative estimate of drug-likeness (QED) is 0.614. The molecule has 12 heavy (non-hydrogen) atoms. The van der Waals surface area contributed by atoms with Gasteiger partial charge in [0.15, 0.2) is 0 Å². The van der Waals surface area contributed by atoms with Crippen LogP contribution in [0.4, 0.5) is 0 Å². The summed E-state index contributed by atoms with van der Waals surface area (Å²) in [7, 11) is 0. The largest absolute Gasteiger partial charge is 0.481 e. The zero-order valence-corrected chi connectivity index (χ0v) is 7.16. The van der Waals surface area contributed by atoms with Crippen molar-refractivity contribution in [2.75, 3.05) is 0 Å². The average Bonchev–Trinajstić information content (AvgIpc) is 2.45. The molecule has 0 heterocycles. The van der Waals surface area contributed by atoms with Crippen molar-refractivity contribution in [3.8, 4) is 0 Å². The van der Waals surface area contributed by atoms with Gasteiger partial charge in [-0.05, 0) is 38.0 Å². The number of carbonyl (C=O) groups is 1. The number of aliphatic carboxylic acids is 1. The van der Waals surface area contributed by atoms with Crippen molar-refractivity contribution in [1.82, 2.24) is 0 Å². The highest BCUT2D eigenvalue weighted by atomic mass is 16.4. The summed E-state index contributed by atoms with van der Waals surface area (Å²) in [6.45, 7) is 1.81. The van der Waals surface area contributed by atoms with E-state index in [9.17, 15) is 9.90 Å². The van der Waals surface area contributed by atoms with Gasteiger partial charge in [0.25, 0.3) is 0 Å². The SMILES string of the molecule is C[C@]1(C(=O)O)C[C@@H]2C[C@H]1C[C@@H]2O. The Bertz CT molecular complexity index is 224. The molecule has 3 heteroatoms. The van der Waals surface area contributed by atoms with Gasteiger partial charge in [-0.3, -0.25) is 4.79 Å². The summed E-state index contributed by atoms with van der Waals surface area (Å²) in [6.07, 6.45) is 2.02. The number of aliphatic hydroxyl groups excluding tert-OH is 1. The fourth-order valence-electron chi connectivity index (χ4n) is 2.82. The van der Waals surface area contributed by atoms with Gasteiger partial charge in [0.2, 0.25) is 0 Å². The molecule has 2 fully saturated rings. The summed E-state index contributed by atoms with van der Waals surface area (Å²) < 4.78 is 0. The van der Waals surface area contributed by atoms with E-state index in [2.05, 4.69) is 0 Å². The van der Waals surface area contributed by atoms with Crippen LogP contribution in [0.3, 0.4) is 0 Å². The number of fused-ring (bicyclic) bond motifs is 2. The zero-order chi connectivity index (χ0) is 8.93. The lowest BCUT2D eigenvalue weighted by molar-refractivity contribution is -0.152. The second-order valence-electron chi connectivity index (χ2n) is 4.42. The standard InChI is InChI=1S/C9H14O3/c1-9(8(11)12)4-5-2-6(9)3-7(5)10/h5-7,10H,2-4H2,1H3,(H,11,12)/t5-,6-,7-,9-/m0/s1. The molecule has 0 unspecified atom stereocenters. The van der Waals surface area contributed by atoms with E-state index in [-0.39, 0.29) is 17.9 Å². The third-order valence-corrected chi connectivity index (χ3v) is 3.73. The minimum atomic E-state index is -0.693. The molecule has 0 aromatic rings. The summed E-state index contributed by atoms with van der Waals surface area (Å²) in [5.41, 5.74) is -0.552. The fourth-order valence-corrected chi connectivity index (χ4v) is 2.82. The molecule has 0 aromatic carbocycles. The highest BCUT2D eigenvalue weighted by Crippen LogP contribution is 2.55. The molecule has 68 valence electrons. The molecule has 2 aliphatic carbocycles. The van der Waals surface area contributed by atoms with Crippen molar-refractivity contribution in [1.29, 1.82) is 0 Å². The smallest absolute Gasteiger partial charge is 0.309 e. The lowest BCUT2D eigenvalue weighted by Gasteiger charge is -2.31. The van der Waals surface area contributed by atoms with Crippen LogP contribution in [-0.2, 0) is 4.79 Å². The number of carboxylic acids is 1. The first-order valence-corrected chi connectivity index (χ1v) is 4.45. The Morgan fingerprint density at radius 3 is 2.50 bits per heavy atom. The van der Waals surface area contributed by atoms with Crippen LogP contribution in [0.5, 0.6) is 0 Å². The van der Waals surface area contributed by atoms with E-state index in [0.717, 1.165) is 6.42 Å². The van der Waals surface area contributed by atoms with Crippen LogP contribution in [0.25, 0.3) is 0 Å². The van der Waals surface area contributed by atoms with Gasteiger partial charge >= 0.3 is 5.97 Å². The molecular formula is C9H14O3. The van der Waals surface area contributed by atoms with Crippen LogP contribution in [0.15, 0.2) is 0 Å². The number of rotatable bonds is 1. The van der Waals surface area contributed by atoms with E-state index < -0.39 is 11.4 Å². The zero-order valence-electron chi connectivity index (χ0n) is 7.16. The van der Waals surface area contributed by atoms with Gasteiger partial charge in [-0.2, -0.15) is 0 Å². The average molecular weight is 170 g/mol. The van der Waals surface area contributed by atoms with Gasteiger partial charge in [0, 0.05) is 0 Å². The first-order chi connectivity index (χ1) is 5.54. The van der Waals surface area contributed by atoms with Crippen LogP contribution < -0.4 is 0 Å². The first kappa shape index (κ1) is 8.05. The van der Waals surface area contributed by atoms with Gasteiger partial charge in [0.05, 0.1) is 11.5 Å². The number of hydrogen-bond acceptors (Lipinski definition) is 2. The maximum absolute atomic E-state index is 10.9. The maximum Gasteiger partial charge on any atom is 0.309 e. The Kier molecular flexibility index (Phi) is 1.49. The Balaban J connectivity index is 2.21. The van der Waals surface area contributed by atoms with Crippen LogP contribution in [0, 0.1) is 17.3 Å². The molecule has 0 saturated heterocycles. The molecule has 2 bridgehead atoms. The molecule has 0 aliphatic heterocycles. The molecule has 0 aromatic heterocycles. The highest BCUT2D eigenvalue weighted by Gasteiger charge is 2.56. The summed E-state index contributed by atoms with van der Waals surface area (Å²) in [4.78, 5) is 10.9. The summed E-state index contributed by atoms with van der Waals surface area (Å²) in [5.74, 6) is -0.243. The van der Waals surface area contributed by atoms with Gasteiger partial charge in [-0.15, -0.1) is 0 Å². The van der Waals surface area contributed by atoms with E-state index >= 15 is 0 Å². The van der Waals surface area contributed by atoms with E-state index in [4.69, 9.17) is 5.11 Å². The highest BCUT2D eigenvalue weighted by molar-refractivity contribution is 5.75. The Morgan fingerprint density at radius 1 is 1.50 bits per heavy atom. The number of hydrogen-bond donors (Lipinski definition) is 2. The molecule has 2 saturated carbocycles. The van der Waals surface area contributed by atoms with Crippen LogP contribution in [0.1, 0.15) is 26.2 Å². The van der Waals surface area contributed by atoms with E-state index in [1.807, 2.05) is 6.92 Å². The van der Waals surface area contributed by atoms with Gasteiger partial charge in [0.1, 0.15) is 0 Å².